The van der Waals surface area contributed by atoms with Gasteiger partial charge in [0.05, 0.1) is 0 Å². The molecule has 1 aliphatic rings. The van der Waals surface area contributed by atoms with Crippen molar-refractivity contribution in [1.29, 1.82) is 0 Å². The Balaban J connectivity index is 1.91. The van der Waals surface area contributed by atoms with Crippen LogP contribution in [0.4, 0.5) is 0 Å². The smallest absolute Gasteiger partial charge is 0.220 e. The minimum Gasteiger partial charge on any atom is -0.353 e. The number of carbonyl (C=O) groups is 1. The van der Waals surface area contributed by atoms with Crippen LogP contribution in [0.25, 0.3) is 0 Å². The molecule has 1 N–H and O–H groups in total. The van der Waals surface area contributed by atoms with Gasteiger partial charge in [-0.1, -0.05) is 34.1 Å². The Morgan fingerprint density at radius 1 is 1.53 bits per heavy atom. The van der Waals surface area contributed by atoms with Crippen molar-refractivity contribution < 1.29 is 4.79 Å². The second-order valence-electron chi connectivity index (χ2n) is 3.67. The normalized spacial score (nSPS) is 20.1. The van der Waals surface area contributed by atoms with E-state index in [1.54, 1.807) is 6.08 Å². The van der Waals surface area contributed by atoms with Crippen molar-refractivity contribution in [2.24, 2.45) is 0 Å². The quantitative estimate of drug-likeness (QED) is 0.425. The van der Waals surface area contributed by atoms with Gasteiger partial charge in [0.2, 0.25) is 5.91 Å². The van der Waals surface area contributed by atoms with Crippen molar-refractivity contribution in [2.75, 3.05) is 12.3 Å². The number of amides is 1. The lowest BCUT2D eigenvalue weighted by molar-refractivity contribution is -0.121. The van der Waals surface area contributed by atoms with Crippen LogP contribution in [0, 0.1) is 0 Å². The summed E-state index contributed by atoms with van der Waals surface area (Å²) in [4.78, 5) is 11.2. The third-order valence-electron chi connectivity index (χ3n) is 2.35. The second-order valence-corrected chi connectivity index (χ2v) is 6.45. The lowest BCUT2D eigenvalue weighted by atomic mass is 10.1. The lowest BCUT2D eigenvalue weighted by Crippen LogP contribution is -2.22. The van der Waals surface area contributed by atoms with E-state index in [4.69, 9.17) is 0 Å². The fourth-order valence-electron chi connectivity index (χ4n) is 1.50. The summed E-state index contributed by atoms with van der Waals surface area (Å²) in [6.45, 7) is 4.15. The van der Waals surface area contributed by atoms with E-state index in [1.807, 2.05) is 21.6 Å². The first-order chi connectivity index (χ1) is 7.33. The van der Waals surface area contributed by atoms with Crippen LogP contribution in [0.1, 0.15) is 32.1 Å². The molecule has 86 valence electrons. The predicted octanol–water partition coefficient (Wildman–Crippen LogP) is 3.00. The zero-order chi connectivity index (χ0) is 10.9. The van der Waals surface area contributed by atoms with Crippen molar-refractivity contribution >= 4 is 27.5 Å². The average molecular weight is 245 g/mol. The summed E-state index contributed by atoms with van der Waals surface area (Å²) in [5.74, 6) is 1.46. The monoisotopic (exact) mass is 245 g/mol. The van der Waals surface area contributed by atoms with Crippen molar-refractivity contribution in [1.82, 2.24) is 5.32 Å². The fraction of sp³-hybridized carbons (Fsp3) is 0.727. The van der Waals surface area contributed by atoms with Crippen molar-refractivity contribution in [3.05, 3.63) is 12.7 Å². The summed E-state index contributed by atoms with van der Waals surface area (Å²) in [6.07, 6.45) is 7.19. The molecule has 1 aliphatic heterocycles. The van der Waals surface area contributed by atoms with Crippen LogP contribution < -0.4 is 5.32 Å². The molecule has 1 amide bonds. The maximum atomic E-state index is 11.2. The van der Waals surface area contributed by atoms with Gasteiger partial charge >= 0.3 is 0 Å². The van der Waals surface area contributed by atoms with Crippen molar-refractivity contribution in [2.45, 2.75) is 37.4 Å². The maximum absolute atomic E-state index is 11.2. The van der Waals surface area contributed by atoms with E-state index in [-0.39, 0.29) is 5.91 Å². The van der Waals surface area contributed by atoms with E-state index in [0.717, 1.165) is 11.7 Å². The van der Waals surface area contributed by atoms with Crippen LogP contribution in [0.15, 0.2) is 12.7 Å². The molecule has 2 nitrogen and oxygen atoms in total. The summed E-state index contributed by atoms with van der Waals surface area (Å²) < 4.78 is 0. The molecule has 0 aliphatic carbocycles. The Labute approximate surface area is 100 Å². The van der Waals surface area contributed by atoms with E-state index in [1.165, 1.54) is 25.0 Å². The second kappa shape index (κ2) is 8.11. The van der Waals surface area contributed by atoms with Gasteiger partial charge in [0, 0.05) is 24.0 Å². The van der Waals surface area contributed by atoms with Crippen LogP contribution in [-0.2, 0) is 4.79 Å². The predicted molar refractivity (Wildman–Crippen MR) is 70.1 cm³/mol. The first-order valence-corrected chi connectivity index (χ1v) is 7.87. The Morgan fingerprint density at radius 3 is 3.07 bits per heavy atom. The number of unbranched alkanes of at least 4 members (excludes halogenated alkanes) is 1. The Hall–Kier alpha value is -0.0900. The molecule has 4 heteroatoms. The van der Waals surface area contributed by atoms with Gasteiger partial charge < -0.3 is 5.32 Å². The third-order valence-corrected chi connectivity index (χ3v) is 5.36. The molecule has 15 heavy (non-hydrogen) atoms. The van der Waals surface area contributed by atoms with Gasteiger partial charge in [-0.3, -0.25) is 4.79 Å². The van der Waals surface area contributed by atoms with E-state index >= 15 is 0 Å². The third kappa shape index (κ3) is 6.15. The molecule has 0 aromatic carbocycles. The standard InChI is InChI=1S/C11H19NOS2/c1-2-8-12-11(13)6-4-3-5-10-7-9-14-15-10/h2,10H,1,3-9H2,(H,12,13). The summed E-state index contributed by atoms with van der Waals surface area (Å²) >= 11 is 0. The Kier molecular flexibility index (Phi) is 7.01. The summed E-state index contributed by atoms with van der Waals surface area (Å²) in [5.41, 5.74) is 0. The summed E-state index contributed by atoms with van der Waals surface area (Å²) in [5, 5.41) is 3.63. The molecular weight excluding hydrogens is 226 g/mol. The lowest BCUT2D eigenvalue weighted by Gasteiger charge is -2.06. The molecule has 1 atom stereocenters. The van der Waals surface area contributed by atoms with Crippen LogP contribution in [0.5, 0.6) is 0 Å². The highest BCUT2D eigenvalue weighted by molar-refractivity contribution is 8.77. The Morgan fingerprint density at radius 2 is 2.40 bits per heavy atom. The molecular formula is C11H19NOS2. The van der Waals surface area contributed by atoms with Crippen molar-refractivity contribution in [3.63, 3.8) is 0 Å². The van der Waals surface area contributed by atoms with Gasteiger partial charge in [-0.15, -0.1) is 6.58 Å². The highest BCUT2D eigenvalue weighted by Gasteiger charge is 2.15. The van der Waals surface area contributed by atoms with Crippen LogP contribution in [0.2, 0.25) is 0 Å². The van der Waals surface area contributed by atoms with Crippen LogP contribution >= 0.6 is 21.6 Å². The molecule has 1 saturated heterocycles. The van der Waals surface area contributed by atoms with Gasteiger partial charge in [-0.2, -0.15) is 0 Å². The highest BCUT2D eigenvalue weighted by atomic mass is 33.1. The molecule has 0 spiro atoms. The molecule has 0 bridgehead atoms. The van der Waals surface area contributed by atoms with Gasteiger partial charge in [-0.05, 0) is 19.3 Å². The first-order valence-electron chi connectivity index (χ1n) is 5.49. The van der Waals surface area contributed by atoms with Crippen molar-refractivity contribution in [3.8, 4) is 0 Å². The molecule has 0 aromatic rings. The minimum atomic E-state index is 0.156. The number of carbonyl (C=O) groups excluding carboxylic acids is 1. The molecule has 1 unspecified atom stereocenters. The fourth-order valence-corrected chi connectivity index (χ4v) is 4.52. The summed E-state index contributed by atoms with van der Waals surface area (Å²) in [6, 6.07) is 0. The van der Waals surface area contributed by atoms with Gasteiger partial charge in [-0.25, -0.2) is 0 Å². The van der Waals surface area contributed by atoms with E-state index in [0.29, 0.717) is 13.0 Å². The molecule has 0 saturated carbocycles. The molecule has 1 rings (SSSR count). The average Bonchev–Trinajstić information content (AvgIpc) is 2.74. The SMILES string of the molecule is C=CCNC(=O)CCCCC1CCSS1. The van der Waals surface area contributed by atoms with Crippen LogP contribution in [-0.4, -0.2) is 23.5 Å². The largest absolute Gasteiger partial charge is 0.353 e. The van der Waals surface area contributed by atoms with E-state index in [2.05, 4.69) is 11.9 Å². The van der Waals surface area contributed by atoms with Crippen LogP contribution in [0.3, 0.4) is 0 Å². The molecule has 1 fully saturated rings. The first kappa shape index (κ1) is 13.0. The summed E-state index contributed by atoms with van der Waals surface area (Å²) in [7, 11) is 4.00. The van der Waals surface area contributed by atoms with Gasteiger partial charge in [0.15, 0.2) is 0 Å². The van der Waals surface area contributed by atoms with Gasteiger partial charge in [0.25, 0.3) is 0 Å². The number of hydrogen-bond donors (Lipinski definition) is 1. The zero-order valence-corrected chi connectivity index (χ0v) is 10.7. The zero-order valence-electron chi connectivity index (χ0n) is 9.04. The number of rotatable bonds is 7. The minimum absolute atomic E-state index is 0.156. The topological polar surface area (TPSA) is 29.1 Å². The number of hydrogen-bond acceptors (Lipinski definition) is 3. The maximum Gasteiger partial charge on any atom is 0.220 e. The molecule has 0 aromatic heterocycles. The highest BCUT2D eigenvalue weighted by Crippen LogP contribution is 2.39. The molecule has 1 heterocycles. The Bertz CT molecular complexity index is 203. The van der Waals surface area contributed by atoms with E-state index in [9.17, 15) is 4.79 Å². The van der Waals surface area contributed by atoms with Gasteiger partial charge in [0.1, 0.15) is 0 Å². The molecule has 0 radical (unpaired) electrons. The number of nitrogens with one attached hydrogen (secondary N) is 1. The van der Waals surface area contributed by atoms with E-state index < -0.39 is 0 Å².